The minimum Gasteiger partial charge on any atom is -0.545 e. The molecule has 0 amide bonds. The summed E-state index contributed by atoms with van der Waals surface area (Å²) in [5.74, 6) is -2.35. The Morgan fingerprint density at radius 1 is 0.303 bits per heavy atom. The first-order valence-electron chi connectivity index (χ1n) is 39.6. The highest BCUT2D eigenvalue weighted by Crippen LogP contribution is 2.17. The Labute approximate surface area is 608 Å². The van der Waals surface area contributed by atoms with Crippen molar-refractivity contribution in [3.05, 3.63) is 194 Å². The molecule has 0 spiro atoms. The molecule has 0 aromatic heterocycles. The Balaban J connectivity index is 4.17. The van der Waals surface area contributed by atoms with Crippen LogP contribution in [0.3, 0.4) is 0 Å². The van der Waals surface area contributed by atoms with Crippen molar-refractivity contribution >= 4 is 17.9 Å². The minimum absolute atomic E-state index is 0.130. The number of ether oxygens (including phenoxy) is 4. The van der Waals surface area contributed by atoms with Crippen LogP contribution >= 0.6 is 0 Å². The van der Waals surface area contributed by atoms with Crippen LogP contribution in [0, 0.1) is 0 Å². The smallest absolute Gasteiger partial charge is 0.306 e. The van der Waals surface area contributed by atoms with E-state index in [9.17, 15) is 19.5 Å². The Bertz CT molecular complexity index is 2340. The predicted octanol–water partition coefficient (Wildman–Crippen LogP) is 24.4. The van der Waals surface area contributed by atoms with E-state index in [-0.39, 0.29) is 38.6 Å². The molecule has 9 heteroatoms. The fraction of sp³-hybridized carbons (Fsp3) is 0.611. The quantitative estimate of drug-likeness (QED) is 0.0195. The molecular formula is C90H145NO8. The molecule has 0 aliphatic rings. The molecule has 0 N–H and O–H groups in total. The number of allylic oxidation sites excluding steroid dienone is 32. The number of carbonyl (C=O) groups excluding carboxylic acids is 3. The van der Waals surface area contributed by atoms with Crippen molar-refractivity contribution in [3.63, 3.8) is 0 Å². The number of unbranched alkanes of at least 4 members (excludes halogenated alkanes) is 24. The summed E-state index contributed by atoms with van der Waals surface area (Å²) >= 11 is 0. The predicted molar refractivity (Wildman–Crippen MR) is 425 cm³/mol. The molecule has 0 rings (SSSR count). The third-order valence-electron chi connectivity index (χ3n) is 16.3. The first-order chi connectivity index (χ1) is 48.6. The van der Waals surface area contributed by atoms with Crippen LogP contribution in [0.5, 0.6) is 0 Å². The average molecular weight is 1370 g/mol. The second kappa shape index (κ2) is 77.9. The summed E-state index contributed by atoms with van der Waals surface area (Å²) in [4.78, 5) is 37.6. The summed E-state index contributed by atoms with van der Waals surface area (Å²) in [6.07, 6.45) is 117. The van der Waals surface area contributed by atoms with Crippen LogP contribution in [0.1, 0.15) is 296 Å². The number of quaternary nitrogens is 1. The Kier molecular flexibility index (Phi) is 73.2. The maximum Gasteiger partial charge on any atom is 0.306 e. The van der Waals surface area contributed by atoms with E-state index in [2.05, 4.69) is 208 Å². The van der Waals surface area contributed by atoms with Gasteiger partial charge in [0.25, 0.3) is 0 Å². The molecule has 0 aromatic rings. The van der Waals surface area contributed by atoms with Crippen LogP contribution in [0.2, 0.25) is 0 Å². The normalized spacial score (nSPS) is 13.7. The number of esters is 2. The van der Waals surface area contributed by atoms with Crippen molar-refractivity contribution in [1.29, 1.82) is 0 Å². The lowest BCUT2D eigenvalue weighted by Crippen LogP contribution is -2.44. The highest BCUT2D eigenvalue weighted by Gasteiger charge is 2.22. The van der Waals surface area contributed by atoms with Crippen LogP contribution < -0.4 is 5.11 Å². The van der Waals surface area contributed by atoms with Gasteiger partial charge in [0, 0.05) is 12.8 Å². The van der Waals surface area contributed by atoms with E-state index in [1.165, 1.54) is 128 Å². The number of carboxylic acids is 1. The van der Waals surface area contributed by atoms with E-state index in [0.29, 0.717) is 17.4 Å². The van der Waals surface area contributed by atoms with Gasteiger partial charge in [0.1, 0.15) is 13.2 Å². The van der Waals surface area contributed by atoms with E-state index in [1.54, 1.807) is 0 Å². The third-order valence-corrected chi connectivity index (χ3v) is 16.3. The van der Waals surface area contributed by atoms with E-state index in [0.717, 1.165) is 135 Å². The zero-order chi connectivity index (χ0) is 71.8. The van der Waals surface area contributed by atoms with Gasteiger partial charge in [0.05, 0.1) is 40.3 Å². The molecule has 0 bridgehead atoms. The lowest BCUT2D eigenvalue weighted by Gasteiger charge is -2.26. The number of likely N-dealkylation sites (N-methyl/N-ethyl adjacent to an activating group) is 1. The summed E-state index contributed by atoms with van der Waals surface area (Å²) in [6, 6.07) is 0. The molecule has 558 valence electrons. The Morgan fingerprint density at radius 3 is 0.828 bits per heavy atom. The molecule has 0 fully saturated rings. The molecule has 0 aliphatic carbocycles. The number of carbonyl (C=O) groups is 3. The van der Waals surface area contributed by atoms with E-state index in [1.807, 2.05) is 21.1 Å². The highest BCUT2D eigenvalue weighted by molar-refractivity contribution is 5.70. The van der Waals surface area contributed by atoms with Crippen LogP contribution in [-0.4, -0.2) is 82.3 Å². The van der Waals surface area contributed by atoms with Gasteiger partial charge in [-0.25, -0.2) is 0 Å². The monoisotopic (exact) mass is 1370 g/mol. The largest absolute Gasteiger partial charge is 0.545 e. The molecule has 2 atom stereocenters. The Hall–Kier alpha value is -5.87. The number of aliphatic carboxylic acids is 1. The van der Waals surface area contributed by atoms with Gasteiger partial charge >= 0.3 is 11.9 Å². The fourth-order valence-electron chi connectivity index (χ4n) is 10.4. The number of rotatable bonds is 71. The van der Waals surface area contributed by atoms with Gasteiger partial charge in [-0.05, 0) is 141 Å². The summed E-state index contributed by atoms with van der Waals surface area (Å²) < 4.78 is 22.8. The Morgan fingerprint density at radius 2 is 0.545 bits per heavy atom. The molecule has 9 nitrogen and oxygen atoms in total. The zero-order valence-corrected chi connectivity index (χ0v) is 63.8. The summed E-state index contributed by atoms with van der Waals surface area (Å²) in [6.45, 7) is 4.47. The van der Waals surface area contributed by atoms with Gasteiger partial charge < -0.3 is 33.3 Å². The lowest BCUT2D eigenvalue weighted by atomic mass is 10.0. The molecule has 0 saturated carbocycles. The van der Waals surface area contributed by atoms with Gasteiger partial charge in [0.2, 0.25) is 0 Å². The molecule has 0 aromatic carbocycles. The summed E-state index contributed by atoms with van der Waals surface area (Å²) in [7, 11) is 5.91. The van der Waals surface area contributed by atoms with Gasteiger partial charge in [-0.3, -0.25) is 9.59 Å². The van der Waals surface area contributed by atoms with Crippen LogP contribution in [-0.2, 0) is 33.3 Å². The molecular weight excluding hydrogens is 1220 g/mol. The van der Waals surface area contributed by atoms with Crippen molar-refractivity contribution in [1.82, 2.24) is 0 Å². The van der Waals surface area contributed by atoms with Crippen molar-refractivity contribution in [2.75, 3.05) is 47.5 Å². The van der Waals surface area contributed by atoms with Gasteiger partial charge in [-0.15, -0.1) is 0 Å². The summed E-state index contributed by atoms with van der Waals surface area (Å²) in [5.41, 5.74) is 0. The standard InChI is InChI=1S/C90H145NO8/c1-6-8-10-12-14-16-18-20-22-24-26-28-30-32-34-36-38-40-42-43-44-45-47-49-51-53-55-57-59-61-63-65-67-69-71-73-75-77-79-81-88(93)99-86(85-98-90(89(94)95)96-83-82-91(3,4)5)84-97-87(92)80-78-76-74-72-70-68-66-64-62-60-58-56-54-52-50-48-46-41-39-37-35-33-31-29-27-25-23-21-19-17-15-13-11-9-7-2/h8-11,14-17,20-23,26-29,32,34,38,40,43-44,47,49,53,55,59,61,65,67,71,73,86,90H,6-7,12-13,18-19,24-25,30-31,33,35-37,39,41-42,45-46,48,50-52,54,56-58,60,62-64,66,68-70,72,74-85H2,1-5H3/b10-8-,11-9-,16-14-,17-15-,22-20-,23-21-,28-26-,29-27-,34-32-,40-38-,44-43-,49-47-,55-53-,61-59-,67-65-,73-71-. The first kappa shape index (κ1) is 93.1. The van der Waals surface area contributed by atoms with Crippen LogP contribution in [0.25, 0.3) is 0 Å². The van der Waals surface area contributed by atoms with Gasteiger partial charge in [-0.1, -0.05) is 337 Å². The topological polar surface area (TPSA) is 111 Å². The molecule has 0 aliphatic heterocycles. The lowest BCUT2D eigenvalue weighted by molar-refractivity contribution is -0.870. The second-order valence-electron chi connectivity index (χ2n) is 26.9. The van der Waals surface area contributed by atoms with Crippen molar-refractivity contribution in [2.45, 2.75) is 309 Å². The second-order valence-corrected chi connectivity index (χ2v) is 26.9. The molecule has 0 radical (unpaired) electrons. The van der Waals surface area contributed by atoms with Crippen molar-refractivity contribution in [3.8, 4) is 0 Å². The molecule has 2 unspecified atom stereocenters. The minimum atomic E-state index is -1.65. The zero-order valence-electron chi connectivity index (χ0n) is 63.8. The summed E-state index contributed by atoms with van der Waals surface area (Å²) in [5, 5.41) is 11.9. The third kappa shape index (κ3) is 79.3. The van der Waals surface area contributed by atoms with E-state index < -0.39 is 24.3 Å². The maximum atomic E-state index is 12.9. The average Bonchev–Trinajstić information content (AvgIpc) is 1.14. The number of hydrogen-bond acceptors (Lipinski definition) is 8. The molecule has 99 heavy (non-hydrogen) atoms. The van der Waals surface area contributed by atoms with Crippen LogP contribution in [0.4, 0.5) is 0 Å². The molecule has 0 heterocycles. The van der Waals surface area contributed by atoms with Crippen molar-refractivity contribution < 1.29 is 42.9 Å². The SMILES string of the molecule is CC/C=C\C/C=C\C/C=C\C/C=C\C/C=C\C/C=C\C/C=C\C/C=C\C/C=C\C/C=C\C/C=C\C/C=C\CCCCC(=O)OC(COC(=O)CCCCCCCCCCCCCCCCCCCCCCCC/C=C\C/C=C\C/C=C\C/C=C\CC)COC(OCC[N+](C)(C)C)C(=O)[O-]. The van der Waals surface area contributed by atoms with E-state index >= 15 is 0 Å². The fourth-order valence-corrected chi connectivity index (χ4v) is 10.4. The molecule has 0 saturated heterocycles. The number of carboxylic acid groups (broad SMARTS) is 1. The highest BCUT2D eigenvalue weighted by atomic mass is 16.7. The first-order valence-corrected chi connectivity index (χ1v) is 39.6. The maximum absolute atomic E-state index is 12.9. The number of hydrogen-bond donors (Lipinski definition) is 0. The van der Waals surface area contributed by atoms with Gasteiger partial charge in [-0.2, -0.15) is 0 Å². The number of nitrogens with zero attached hydrogens (tertiary/aromatic N) is 1. The van der Waals surface area contributed by atoms with Gasteiger partial charge in [0.15, 0.2) is 12.4 Å². The van der Waals surface area contributed by atoms with Crippen molar-refractivity contribution in [2.24, 2.45) is 0 Å². The van der Waals surface area contributed by atoms with E-state index in [4.69, 9.17) is 18.9 Å². The van der Waals surface area contributed by atoms with Crippen LogP contribution in [0.15, 0.2) is 194 Å².